The second-order valence-corrected chi connectivity index (χ2v) is 6.94. The van der Waals surface area contributed by atoms with E-state index in [-0.39, 0.29) is 6.09 Å². The summed E-state index contributed by atoms with van der Waals surface area (Å²) in [5.41, 5.74) is 1.49. The molecule has 23 heavy (non-hydrogen) atoms. The highest BCUT2D eigenvalue weighted by Crippen LogP contribution is 2.26. The summed E-state index contributed by atoms with van der Waals surface area (Å²) in [6.45, 7) is 9.41. The van der Waals surface area contributed by atoms with Gasteiger partial charge in [0.15, 0.2) is 5.11 Å². The highest BCUT2D eigenvalue weighted by molar-refractivity contribution is 7.80. The van der Waals surface area contributed by atoms with Crippen molar-refractivity contribution in [2.24, 2.45) is 7.05 Å². The van der Waals surface area contributed by atoms with Crippen molar-refractivity contribution < 1.29 is 9.53 Å². The van der Waals surface area contributed by atoms with E-state index in [1.165, 1.54) is 0 Å². The Balaban J connectivity index is 2.16. The number of amides is 1. The van der Waals surface area contributed by atoms with Crippen LogP contribution in [0, 0.1) is 0 Å². The van der Waals surface area contributed by atoms with Gasteiger partial charge in [0.1, 0.15) is 11.4 Å². The molecule has 0 saturated heterocycles. The summed E-state index contributed by atoms with van der Waals surface area (Å²) < 4.78 is 7.23. The number of hydrogen-bond donors (Lipinski definition) is 2. The van der Waals surface area contributed by atoms with E-state index in [1.54, 1.807) is 9.58 Å². The van der Waals surface area contributed by atoms with Gasteiger partial charge in [-0.25, -0.2) is 4.79 Å². The molecule has 1 aromatic heterocycles. The number of nitrogens with zero attached hydrogens (tertiary/aromatic N) is 3. The van der Waals surface area contributed by atoms with Crippen LogP contribution in [-0.2, 0) is 24.8 Å². The Kier molecular flexibility index (Phi) is 5.13. The molecular formula is C15H25N5O2S. The molecule has 128 valence electrons. The monoisotopic (exact) mass is 339 g/mol. The molecule has 1 amide bonds. The first kappa shape index (κ1) is 17.5. The third kappa shape index (κ3) is 4.34. The fraction of sp³-hybridized carbons (Fsp3) is 0.667. The molecule has 0 aromatic carbocycles. The number of rotatable bonds is 2. The fourth-order valence-electron chi connectivity index (χ4n) is 2.45. The smallest absolute Gasteiger partial charge is 0.410 e. The van der Waals surface area contributed by atoms with Gasteiger partial charge in [0.25, 0.3) is 0 Å². The van der Waals surface area contributed by atoms with Crippen LogP contribution in [0.4, 0.5) is 10.6 Å². The third-order valence-corrected chi connectivity index (χ3v) is 3.66. The van der Waals surface area contributed by atoms with Crippen LogP contribution in [0.3, 0.4) is 0 Å². The van der Waals surface area contributed by atoms with Crippen LogP contribution in [0.25, 0.3) is 0 Å². The van der Waals surface area contributed by atoms with Crippen molar-refractivity contribution in [3.05, 3.63) is 11.3 Å². The van der Waals surface area contributed by atoms with Crippen molar-refractivity contribution in [3.63, 3.8) is 0 Å². The van der Waals surface area contributed by atoms with Gasteiger partial charge in [-0.1, -0.05) is 0 Å². The molecule has 1 aromatic rings. The number of thiocarbonyl (C=S) groups is 1. The predicted molar refractivity (Wildman–Crippen MR) is 93.5 cm³/mol. The van der Waals surface area contributed by atoms with E-state index in [1.807, 2.05) is 34.7 Å². The van der Waals surface area contributed by atoms with Crippen LogP contribution in [-0.4, -0.2) is 44.6 Å². The van der Waals surface area contributed by atoms with Gasteiger partial charge in [-0.15, -0.1) is 0 Å². The largest absolute Gasteiger partial charge is 0.444 e. The topological polar surface area (TPSA) is 71.4 Å². The van der Waals surface area contributed by atoms with Gasteiger partial charge in [-0.05, 0) is 39.9 Å². The molecule has 1 aliphatic heterocycles. The predicted octanol–water partition coefficient (Wildman–Crippen LogP) is 2.02. The summed E-state index contributed by atoms with van der Waals surface area (Å²) in [6, 6.07) is 0. The van der Waals surface area contributed by atoms with Gasteiger partial charge >= 0.3 is 6.09 Å². The molecule has 0 atom stereocenters. The van der Waals surface area contributed by atoms with Crippen LogP contribution in [0.1, 0.15) is 39.0 Å². The van der Waals surface area contributed by atoms with Crippen LogP contribution in [0.15, 0.2) is 0 Å². The number of aromatic nitrogens is 2. The SMILES string of the molecule is CCNC(=S)Nc1c2c(nn1C)CCN(C(=O)OC(C)(C)C)C2. The van der Waals surface area contributed by atoms with Gasteiger partial charge < -0.3 is 20.3 Å². The number of anilines is 1. The second-order valence-electron chi connectivity index (χ2n) is 6.53. The Labute approximate surface area is 142 Å². The Hall–Kier alpha value is -1.83. The molecule has 2 N–H and O–H groups in total. The quantitative estimate of drug-likeness (QED) is 0.803. The maximum Gasteiger partial charge on any atom is 0.410 e. The van der Waals surface area contributed by atoms with E-state index in [9.17, 15) is 4.79 Å². The average molecular weight is 339 g/mol. The Bertz CT molecular complexity index is 606. The summed E-state index contributed by atoms with van der Waals surface area (Å²) in [4.78, 5) is 14.0. The van der Waals surface area contributed by atoms with Gasteiger partial charge in [0, 0.05) is 32.1 Å². The molecule has 8 heteroatoms. The third-order valence-electron chi connectivity index (χ3n) is 3.42. The molecule has 0 radical (unpaired) electrons. The molecule has 0 bridgehead atoms. The Morgan fingerprint density at radius 1 is 1.43 bits per heavy atom. The van der Waals surface area contributed by atoms with Gasteiger partial charge in [-0.3, -0.25) is 4.68 Å². The lowest BCUT2D eigenvalue weighted by molar-refractivity contribution is 0.0224. The van der Waals surface area contributed by atoms with E-state index >= 15 is 0 Å². The van der Waals surface area contributed by atoms with Crippen LogP contribution in [0.5, 0.6) is 0 Å². The number of ether oxygens (including phenoxy) is 1. The maximum absolute atomic E-state index is 12.3. The normalized spacial score (nSPS) is 14.2. The number of hydrogen-bond acceptors (Lipinski definition) is 4. The molecule has 0 spiro atoms. The highest BCUT2D eigenvalue weighted by atomic mass is 32.1. The van der Waals surface area contributed by atoms with Crippen LogP contribution in [0.2, 0.25) is 0 Å². The molecule has 1 aliphatic rings. The molecule has 7 nitrogen and oxygen atoms in total. The standard InChI is InChI=1S/C15H25N5O2S/c1-6-16-13(23)17-12-10-9-20(14(21)22-15(2,3)4)8-7-11(10)18-19(12)5/h6-9H2,1-5H3,(H2,16,17,23). The minimum atomic E-state index is -0.500. The molecule has 0 saturated carbocycles. The van der Waals surface area contributed by atoms with Crippen molar-refractivity contribution in [1.82, 2.24) is 20.0 Å². The minimum absolute atomic E-state index is 0.299. The van der Waals surface area contributed by atoms with Crippen LogP contribution >= 0.6 is 12.2 Å². The first-order valence-corrected chi connectivity index (χ1v) is 8.19. The van der Waals surface area contributed by atoms with Crippen molar-refractivity contribution in [1.29, 1.82) is 0 Å². The lowest BCUT2D eigenvalue weighted by atomic mass is 10.1. The number of fused-ring (bicyclic) bond motifs is 1. The van der Waals surface area contributed by atoms with E-state index in [0.29, 0.717) is 24.6 Å². The number of carbonyl (C=O) groups excluding carboxylic acids is 1. The number of carbonyl (C=O) groups is 1. The summed E-state index contributed by atoms with van der Waals surface area (Å²) in [7, 11) is 1.87. The minimum Gasteiger partial charge on any atom is -0.444 e. The molecule has 0 fully saturated rings. The first-order valence-electron chi connectivity index (χ1n) is 7.78. The fourth-order valence-corrected chi connectivity index (χ4v) is 2.69. The molecule has 2 rings (SSSR count). The Morgan fingerprint density at radius 2 is 2.13 bits per heavy atom. The Morgan fingerprint density at radius 3 is 2.74 bits per heavy atom. The summed E-state index contributed by atoms with van der Waals surface area (Å²) in [5, 5.41) is 11.3. The van der Waals surface area contributed by atoms with Crippen molar-refractivity contribution >= 4 is 29.2 Å². The van der Waals surface area contributed by atoms with Crippen molar-refractivity contribution in [3.8, 4) is 0 Å². The van der Waals surface area contributed by atoms with Gasteiger partial charge in [0.05, 0.1) is 12.2 Å². The number of aryl methyl sites for hydroxylation is 1. The molecular weight excluding hydrogens is 314 g/mol. The summed E-state index contributed by atoms with van der Waals surface area (Å²) in [6.07, 6.45) is 0.408. The first-order chi connectivity index (χ1) is 10.7. The van der Waals surface area contributed by atoms with Crippen molar-refractivity contribution in [2.45, 2.75) is 46.3 Å². The van der Waals surface area contributed by atoms with E-state index in [2.05, 4.69) is 15.7 Å². The highest BCUT2D eigenvalue weighted by Gasteiger charge is 2.29. The van der Waals surface area contributed by atoms with Gasteiger partial charge in [0.2, 0.25) is 0 Å². The van der Waals surface area contributed by atoms with Crippen molar-refractivity contribution in [2.75, 3.05) is 18.4 Å². The summed E-state index contributed by atoms with van der Waals surface area (Å²) in [5.74, 6) is 0.819. The van der Waals surface area contributed by atoms with E-state index in [4.69, 9.17) is 17.0 Å². The lowest BCUT2D eigenvalue weighted by Gasteiger charge is -2.30. The zero-order chi connectivity index (χ0) is 17.2. The van der Waals surface area contributed by atoms with E-state index < -0.39 is 5.60 Å². The number of nitrogens with one attached hydrogen (secondary N) is 2. The molecule has 2 heterocycles. The zero-order valence-electron chi connectivity index (χ0n) is 14.4. The summed E-state index contributed by atoms with van der Waals surface area (Å²) >= 11 is 5.25. The molecule has 0 aliphatic carbocycles. The lowest BCUT2D eigenvalue weighted by Crippen LogP contribution is -2.40. The average Bonchev–Trinajstić information content (AvgIpc) is 2.73. The maximum atomic E-state index is 12.3. The van der Waals surface area contributed by atoms with Gasteiger partial charge in [-0.2, -0.15) is 5.10 Å². The molecule has 0 unspecified atom stereocenters. The van der Waals surface area contributed by atoms with Crippen LogP contribution < -0.4 is 10.6 Å². The second kappa shape index (κ2) is 6.74. The zero-order valence-corrected chi connectivity index (χ0v) is 15.2. The van der Waals surface area contributed by atoms with E-state index in [0.717, 1.165) is 23.6 Å².